The van der Waals surface area contributed by atoms with E-state index in [9.17, 15) is 4.79 Å². The molecular weight excluding hydrogens is 352 g/mol. The fraction of sp³-hybridized carbons (Fsp3) is 0.474. The van der Waals surface area contributed by atoms with E-state index >= 15 is 0 Å². The molecule has 0 spiro atoms. The van der Waals surface area contributed by atoms with E-state index in [1.54, 1.807) is 4.68 Å². The molecule has 142 valence electrons. The predicted octanol–water partition coefficient (Wildman–Crippen LogP) is 2.12. The van der Waals surface area contributed by atoms with Gasteiger partial charge in [-0.05, 0) is 31.5 Å². The second kappa shape index (κ2) is 8.56. The van der Waals surface area contributed by atoms with E-state index in [0.29, 0.717) is 13.1 Å². The van der Waals surface area contributed by atoms with Crippen LogP contribution in [-0.2, 0) is 11.8 Å². The zero-order valence-corrected chi connectivity index (χ0v) is 16.3. The first kappa shape index (κ1) is 20.3. The molecule has 6 nitrogen and oxygen atoms in total. The molecule has 1 aliphatic rings. The van der Waals surface area contributed by atoms with E-state index in [-0.39, 0.29) is 30.2 Å². The molecule has 3 rings (SSSR count). The van der Waals surface area contributed by atoms with Gasteiger partial charge in [-0.25, -0.2) is 0 Å². The van der Waals surface area contributed by atoms with Gasteiger partial charge in [0.05, 0.1) is 18.7 Å². The molecule has 1 amide bonds. The number of nitrogens with one attached hydrogen (secondary N) is 2. The number of nitrogens with zero attached hydrogens (tertiary/aromatic N) is 2. The van der Waals surface area contributed by atoms with Gasteiger partial charge >= 0.3 is 0 Å². The molecule has 0 unspecified atom stereocenters. The maximum absolute atomic E-state index is 12.7. The summed E-state index contributed by atoms with van der Waals surface area (Å²) in [6.45, 7) is 5.90. The van der Waals surface area contributed by atoms with Gasteiger partial charge in [-0.3, -0.25) is 9.48 Å². The smallest absolute Gasteiger partial charge is 0.225 e. The molecular formula is C19H27ClN4O2. The van der Waals surface area contributed by atoms with Crippen molar-refractivity contribution >= 4 is 18.3 Å². The number of benzene rings is 1. The van der Waals surface area contributed by atoms with Crippen molar-refractivity contribution in [2.75, 3.05) is 19.6 Å². The number of carbonyl (C=O) groups is 1. The Bertz CT molecular complexity index is 717. The lowest BCUT2D eigenvalue weighted by Crippen LogP contribution is -2.45. The number of ether oxygens (including phenoxy) is 1. The molecule has 0 saturated carbocycles. The monoisotopic (exact) mass is 378 g/mol. The van der Waals surface area contributed by atoms with Gasteiger partial charge in [0.25, 0.3) is 0 Å². The molecule has 1 aromatic heterocycles. The minimum atomic E-state index is -0.479. The number of aromatic nitrogens is 2. The molecule has 26 heavy (non-hydrogen) atoms. The van der Waals surface area contributed by atoms with E-state index in [1.807, 2.05) is 63.6 Å². The lowest BCUT2D eigenvalue weighted by molar-refractivity contribution is -0.125. The summed E-state index contributed by atoms with van der Waals surface area (Å²) >= 11 is 0. The third-order valence-electron chi connectivity index (χ3n) is 4.53. The van der Waals surface area contributed by atoms with E-state index < -0.39 is 5.60 Å². The van der Waals surface area contributed by atoms with Crippen molar-refractivity contribution < 1.29 is 9.53 Å². The summed E-state index contributed by atoms with van der Waals surface area (Å²) < 4.78 is 7.76. The summed E-state index contributed by atoms with van der Waals surface area (Å²) in [7, 11) is 1.89. The Morgan fingerprint density at radius 2 is 2.08 bits per heavy atom. The number of carbonyl (C=O) groups excluding carboxylic acids is 1. The topological polar surface area (TPSA) is 68.2 Å². The largest absolute Gasteiger partial charge is 0.486 e. The van der Waals surface area contributed by atoms with Crippen molar-refractivity contribution in [3.8, 4) is 5.75 Å². The molecule has 1 saturated heterocycles. The number of amides is 1. The number of aryl methyl sites for hydroxylation is 1. The van der Waals surface area contributed by atoms with Crippen molar-refractivity contribution in [2.45, 2.75) is 25.4 Å². The third kappa shape index (κ3) is 4.99. The van der Waals surface area contributed by atoms with Crippen LogP contribution in [0.25, 0.3) is 0 Å². The van der Waals surface area contributed by atoms with Gasteiger partial charge in [0, 0.05) is 32.3 Å². The molecule has 0 aliphatic carbocycles. The Labute approximate surface area is 160 Å². The molecule has 2 heterocycles. The van der Waals surface area contributed by atoms with Crippen molar-refractivity contribution in [1.29, 1.82) is 0 Å². The normalized spacial score (nSPS) is 19.7. The maximum atomic E-state index is 12.7. The summed E-state index contributed by atoms with van der Waals surface area (Å²) in [6, 6.07) is 9.67. The highest BCUT2D eigenvalue weighted by Crippen LogP contribution is 2.28. The Morgan fingerprint density at radius 3 is 2.73 bits per heavy atom. The Balaban J connectivity index is 0.00000243. The highest BCUT2D eigenvalue weighted by atomic mass is 35.5. The van der Waals surface area contributed by atoms with E-state index in [4.69, 9.17) is 4.74 Å². The Morgan fingerprint density at radius 1 is 1.35 bits per heavy atom. The first-order valence-corrected chi connectivity index (χ1v) is 8.66. The van der Waals surface area contributed by atoms with Gasteiger partial charge in [-0.1, -0.05) is 18.2 Å². The first-order chi connectivity index (χ1) is 11.9. The SMILES string of the molecule is Cl.Cn1cc([C@H]2CNC[C@@H]2C(=O)NCC(C)(C)Oc2ccccc2)cn1. The van der Waals surface area contributed by atoms with Crippen LogP contribution >= 0.6 is 12.4 Å². The zero-order valence-electron chi connectivity index (χ0n) is 15.4. The minimum Gasteiger partial charge on any atom is -0.486 e. The fourth-order valence-corrected chi connectivity index (χ4v) is 3.21. The molecule has 1 aromatic carbocycles. The van der Waals surface area contributed by atoms with Crippen LogP contribution in [0.1, 0.15) is 25.3 Å². The Kier molecular flexibility index (Phi) is 6.67. The van der Waals surface area contributed by atoms with Crippen LogP contribution in [0.15, 0.2) is 42.7 Å². The minimum absolute atomic E-state index is 0. The zero-order chi connectivity index (χ0) is 17.9. The summed E-state index contributed by atoms with van der Waals surface area (Å²) in [5.74, 6) is 0.935. The molecule has 1 fully saturated rings. The van der Waals surface area contributed by atoms with Gasteiger partial charge in [-0.15, -0.1) is 12.4 Å². The van der Waals surface area contributed by atoms with Crippen LogP contribution < -0.4 is 15.4 Å². The van der Waals surface area contributed by atoms with E-state index in [2.05, 4.69) is 15.7 Å². The Hall–Kier alpha value is -2.05. The van der Waals surface area contributed by atoms with E-state index in [0.717, 1.165) is 17.9 Å². The van der Waals surface area contributed by atoms with Crippen LogP contribution in [0.3, 0.4) is 0 Å². The molecule has 2 N–H and O–H groups in total. The fourth-order valence-electron chi connectivity index (χ4n) is 3.21. The van der Waals surface area contributed by atoms with Crippen molar-refractivity contribution in [3.63, 3.8) is 0 Å². The summed E-state index contributed by atoms with van der Waals surface area (Å²) in [5.41, 5.74) is 0.625. The van der Waals surface area contributed by atoms with Crippen molar-refractivity contribution in [2.24, 2.45) is 13.0 Å². The molecule has 2 atom stereocenters. The molecule has 7 heteroatoms. The molecule has 1 aliphatic heterocycles. The summed E-state index contributed by atoms with van der Waals surface area (Å²) in [6.07, 6.45) is 3.83. The highest BCUT2D eigenvalue weighted by Gasteiger charge is 2.35. The molecule has 0 radical (unpaired) electrons. The highest BCUT2D eigenvalue weighted by molar-refractivity contribution is 5.85. The van der Waals surface area contributed by atoms with Gasteiger partial charge in [-0.2, -0.15) is 5.10 Å². The summed E-state index contributed by atoms with van der Waals surface area (Å²) in [4.78, 5) is 12.7. The van der Waals surface area contributed by atoms with Gasteiger partial charge < -0.3 is 15.4 Å². The third-order valence-corrected chi connectivity index (χ3v) is 4.53. The second-order valence-electron chi connectivity index (χ2n) is 7.21. The summed E-state index contributed by atoms with van der Waals surface area (Å²) in [5, 5.41) is 10.6. The van der Waals surface area contributed by atoms with E-state index in [1.165, 1.54) is 0 Å². The van der Waals surface area contributed by atoms with Crippen LogP contribution in [-0.4, -0.2) is 40.9 Å². The molecule has 2 aromatic rings. The number of hydrogen-bond donors (Lipinski definition) is 2. The van der Waals surface area contributed by atoms with Gasteiger partial charge in [0.1, 0.15) is 11.4 Å². The predicted molar refractivity (Wildman–Crippen MR) is 104 cm³/mol. The number of rotatable bonds is 6. The quantitative estimate of drug-likeness (QED) is 0.807. The number of halogens is 1. The average Bonchev–Trinajstić information content (AvgIpc) is 3.22. The van der Waals surface area contributed by atoms with Gasteiger partial charge in [0.15, 0.2) is 0 Å². The van der Waals surface area contributed by atoms with Crippen LogP contribution in [0, 0.1) is 5.92 Å². The van der Waals surface area contributed by atoms with Crippen LogP contribution in [0.5, 0.6) is 5.75 Å². The second-order valence-corrected chi connectivity index (χ2v) is 7.21. The lowest BCUT2D eigenvalue weighted by atomic mass is 9.90. The average molecular weight is 379 g/mol. The first-order valence-electron chi connectivity index (χ1n) is 8.66. The van der Waals surface area contributed by atoms with Crippen molar-refractivity contribution in [1.82, 2.24) is 20.4 Å². The standard InChI is InChI=1S/C19H26N4O2.ClH/c1-19(2,25-15-7-5-4-6-8-15)13-21-18(24)17-11-20-10-16(17)14-9-22-23(3)12-14;/h4-9,12,16-17,20H,10-11,13H2,1-3H3,(H,21,24);1H/t16-,17+;/m1./s1. The lowest BCUT2D eigenvalue weighted by Gasteiger charge is -2.28. The van der Waals surface area contributed by atoms with Crippen LogP contribution in [0.4, 0.5) is 0 Å². The van der Waals surface area contributed by atoms with Gasteiger partial charge in [0.2, 0.25) is 5.91 Å². The number of hydrogen-bond acceptors (Lipinski definition) is 4. The van der Waals surface area contributed by atoms with Crippen molar-refractivity contribution in [3.05, 3.63) is 48.3 Å². The number of para-hydroxylation sites is 1. The van der Waals surface area contributed by atoms with Crippen LogP contribution in [0.2, 0.25) is 0 Å². The maximum Gasteiger partial charge on any atom is 0.225 e. The molecule has 0 bridgehead atoms.